The summed E-state index contributed by atoms with van der Waals surface area (Å²) in [4.78, 5) is 11.3. The molecule has 1 heterocycles. The van der Waals surface area contributed by atoms with Crippen LogP contribution in [0.3, 0.4) is 0 Å². The number of hydrogen-bond donors (Lipinski definition) is 2. The molecule has 0 bridgehead atoms. The van der Waals surface area contributed by atoms with Crippen molar-refractivity contribution < 1.29 is 19.0 Å². The van der Waals surface area contributed by atoms with E-state index in [0.29, 0.717) is 36.1 Å². The van der Waals surface area contributed by atoms with Gasteiger partial charge in [-0.25, -0.2) is 4.79 Å². The average molecular weight is 252 g/mol. The first-order chi connectivity index (χ1) is 8.61. The fourth-order valence-electron chi connectivity index (χ4n) is 1.70. The van der Waals surface area contributed by atoms with E-state index in [9.17, 15) is 4.79 Å². The van der Waals surface area contributed by atoms with Crippen LogP contribution in [0.2, 0.25) is 0 Å². The maximum Gasteiger partial charge on any atom is 0.327 e. The molecule has 1 unspecified atom stereocenters. The SMILES string of the molecule is COC(=O)C(C)Nc1cc2c(cc1N)OCCO2. The van der Waals surface area contributed by atoms with Crippen LogP contribution < -0.4 is 20.5 Å². The molecule has 6 nitrogen and oxygen atoms in total. The minimum Gasteiger partial charge on any atom is -0.486 e. The van der Waals surface area contributed by atoms with Crippen molar-refractivity contribution in [1.29, 1.82) is 0 Å². The number of carbonyl (C=O) groups excluding carboxylic acids is 1. The lowest BCUT2D eigenvalue weighted by atomic mass is 10.2. The number of nitrogens with two attached hydrogens (primary N) is 1. The van der Waals surface area contributed by atoms with Crippen LogP contribution in [0.4, 0.5) is 11.4 Å². The molecule has 0 fully saturated rings. The molecule has 0 radical (unpaired) electrons. The van der Waals surface area contributed by atoms with E-state index in [-0.39, 0.29) is 5.97 Å². The van der Waals surface area contributed by atoms with E-state index >= 15 is 0 Å². The van der Waals surface area contributed by atoms with Crippen LogP contribution in [0.5, 0.6) is 11.5 Å². The predicted octanol–water partition coefficient (Wildman–Crippen LogP) is 1.01. The first-order valence-corrected chi connectivity index (χ1v) is 5.65. The Morgan fingerprint density at radius 3 is 2.61 bits per heavy atom. The number of methoxy groups -OCH3 is 1. The second-order valence-corrected chi connectivity index (χ2v) is 3.97. The second kappa shape index (κ2) is 5.03. The van der Waals surface area contributed by atoms with Crippen LogP contribution >= 0.6 is 0 Å². The minimum absolute atomic E-state index is 0.357. The van der Waals surface area contributed by atoms with Crippen molar-refractivity contribution in [2.75, 3.05) is 31.4 Å². The molecule has 98 valence electrons. The van der Waals surface area contributed by atoms with Gasteiger partial charge in [0.05, 0.1) is 18.5 Å². The molecule has 3 N–H and O–H groups in total. The maximum absolute atomic E-state index is 11.3. The number of ether oxygens (including phenoxy) is 3. The van der Waals surface area contributed by atoms with Gasteiger partial charge in [0.25, 0.3) is 0 Å². The van der Waals surface area contributed by atoms with Crippen molar-refractivity contribution in [3.8, 4) is 11.5 Å². The van der Waals surface area contributed by atoms with E-state index < -0.39 is 6.04 Å². The molecule has 1 aliphatic heterocycles. The minimum atomic E-state index is -0.486. The third kappa shape index (κ3) is 2.42. The number of benzene rings is 1. The van der Waals surface area contributed by atoms with Gasteiger partial charge in [-0.2, -0.15) is 0 Å². The lowest BCUT2D eigenvalue weighted by Crippen LogP contribution is -2.27. The summed E-state index contributed by atoms with van der Waals surface area (Å²) in [6, 6.07) is 2.92. The van der Waals surface area contributed by atoms with Gasteiger partial charge < -0.3 is 25.3 Å². The Balaban J connectivity index is 2.20. The molecule has 0 aromatic heterocycles. The molecule has 1 aromatic carbocycles. The molecule has 0 saturated heterocycles. The number of nitrogens with one attached hydrogen (secondary N) is 1. The molecule has 18 heavy (non-hydrogen) atoms. The highest BCUT2D eigenvalue weighted by Crippen LogP contribution is 2.37. The number of nitrogen functional groups attached to an aromatic ring is 1. The molecule has 0 amide bonds. The fraction of sp³-hybridized carbons (Fsp3) is 0.417. The third-order valence-corrected chi connectivity index (χ3v) is 2.64. The monoisotopic (exact) mass is 252 g/mol. The fourth-order valence-corrected chi connectivity index (χ4v) is 1.70. The normalized spacial score (nSPS) is 14.8. The zero-order valence-electron chi connectivity index (χ0n) is 10.4. The molecule has 6 heteroatoms. The second-order valence-electron chi connectivity index (χ2n) is 3.97. The Hall–Kier alpha value is -2.11. The quantitative estimate of drug-likeness (QED) is 0.617. The van der Waals surface area contributed by atoms with Crippen LogP contribution in [0.25, 0.3) is 0 Å². The molecule has 0 spiro atoms. The summed E-state index contributed by atoms with van der Waals surface area (Å²) < 4.78 is 15.5. The van der Waals surface area contributed by atoms with Gasteiger partial charge in [-0.1, -0.05) is 0 Å². The average Bonchev–Trinajstić information content (AvgIpc) is 2.38. The summed E-state index contributed by atoms with van der Waals surface area (Å²) in [5.41, 5.74) is 7.00. The number of hydrogen-bond acceptors (Lipinski definition) is 6. The highest BCUT2D eigenvalue weighted by Gasteiger charge is 2.18. The molecule has 1 aliphatic rings. The molecule has 1 aromatic rings. The van der Waals surface area contributed by atoms with Crippen LogP contribution in [-0.4, -0.2) is 32.3 Å². The Labute approximate surface area is 105 Å². The standard InChI is InChI=1S/C12H16N2O4/c1-7(12(15)16-2)14-9-6-11-10(5-8(9)13)17-3-4-18-11/h5-7,14H,3-4,13H2,1-2H3. The van der Waals surface area contributed by atoms with Crippen LogP contribution in [0, 0.1) is 0 Å². The van der Waals surface area contributed by atoms with Gasteiger partial charge in [0.1, 0.15) is 19.3 Å². The van der Waals surface area contributed by atoms with E-state index in [1.807, 2.05) is 0 Å². The molecule has 2 rings (SSSR count). The predicted molar refractivity (Wildman–Crippen MR) is 66.9 cm³/mol. The Morgan fingerprint density at radius 2 is 2.00 bits per heavy atom. The summed E-state index contributed by atoms with van der Waals surface area (Å²) in [5.74, 6) is 0.884. The van der Waals surface area contributed by atoms with E-state index in [2.05, 4.69) is 10.1 Å². The number of rotatable bonds is 3. The topological polar surface area (TPSA) is 82.8 Å². The first-order valence-electron chi connectivity index (χ1n) is 5.65. The van der Waals surface area contributed by atoms with Crippen molar-refractivity contribution in [2.24, 2.45) is 0 Å². The number of esters is 1. The Kier molecular flexibility index (Phi) is 3.45. The highest BCUT2D eigenvalue weighted by atomic mass is 16.6. The molecule has 0 saturated carbocycles. The molecule has 1 atom stereocenters. The zero-order valence-corrected chi connectivity index (χ0v) is 10.4. The smallest absolute Gasteiger partial charge is 0.327 e. The summed E-state index contributed by atoms with van der Waals surface area (Å²) in [7, 11) is 1.34. The van der Waals surface area contributed by atoms with Crippen molar-refractivity contribution in [2.45, 2.75) is 13.0 Å². The summed E-state index contributed by atoms with van der Waals surface area (Å²) in [5, 5.41) is 2.98. The molecular weight excluding hydrogens is 236 g/mol. The van der Waals surface area contributed by atoms with Crippen LogP contribution in [-0.2, 0) is 9.53 Å². The first kappa shape index (κ1) is 12.3. The maximum atomic E-state index is 11.3. The van der Waals surface area contributed by atoms with Gasteiger partial charge in [0.2, 0.25) is 0 Å². The van der Waals surface area contributed by atoms with Gasteiger partial charge >= 0.3 is 5.97 Å². The van der Waals surface area contributed by atoms with Crippen molar-refractivity contribution in [1.82, 2.24) is 0 Å². The molecular formula is C12H16N2O4. The van der Waals surface area contributed by atoms with Crippen LogP contribution in [0.15, 0.2) is 12.1 Å². The van der Waals surface area contributed by atoms with E-state index in [0.717, 1.165) is 0 Å². The van der Waals surface area contributed by atoms with Gasteiger partial charge in [-0.15, -0.1) is 0 Å². The largest absolute Gasteiger partial charge is 0.486 e. The Morgan fingerprint density at radius 1 is 1.39 bits per heavy atom. The number of anilines is 2. The lowest BCUT2D eigenvalue weighted by molar-refractivity contribution is -0.141. The van der Waals surface area contributed by atoms with E-state index in [1.54, 1.807) is 19.1 Å². The summed E-state index contributed by atoms with van der Waals surface area (Å²) in [6.45, 7) is 2.71. The third-order valence-electron chi connectivity index (χ3n) is 2.64. The van der Waals surface area contributed by atoms with Gasteiger partial charge in [0.15, 0.2) is 11.5 Å². The van der Waals surface area contributed by atoms with Gasteiger partial charge in [-0.05, 0) is 6.92 Å². The van der Waals surface area contributed by atoms with Crippen LogP contribution in [0.1, 0.15) is 6.92 Å². The summed E-state index contributed by atoms with van der Waals surface area (Å²) >= 11 is 0. The number of fused-ring (bicyclic) bond motifs is 1. The van der Waals surface area contributed by atoms with Gasteiger partial charge in [0, 0.05) is 12.1 Å². The van der Waals surface area contributed by atoms with E-state index in [1.165, 1.54) is 7.11 Å². The summed E-state index contributed by atoms with van der Waals surface area (Å²) in [6.07, 6.45) is 0. The zero-order chi connectivity index (χ0) is 13.1. The molecule has 0 aliphatic carbocycles. The van der Waals surface area contributed by atoms with Crippen molar-refractivity contribution >= 4 is 17.3 Å². The number of carbonyl (C=O) groups is 1. The van der Waals surface area contributed by atoms with E-state index in [4.69, 9.17) is 15.2 Å². The highest BCUT2D eigenvalue weighted by molar-refractivity contribution is 5.82. The lowest BCUT2D eigenvalue weighted by Gasteiger charge is -2.21. The van der Waals surface area contributed by atoms with Crippen molar-refractivity contribution in [3.63, 3.8) is 0 Å². The van der Waals surface area contributed by atoms with Gasteiger partial charge in [-0.3, -0.25) is 0 Å². The Bertz CT molecular complexity index is 462. The van der Waals surface area contributed by atoms with Crippen molar-refractivity contribution in [3.05, 3.63) is 12.1 Å².